The second-order valence-corrected chi connectivity index (χ2v) is 5.57. The summed E-state index contributed by atoms with van der Waals surface area (Å²) in [4.78, 5) is 10.8. The van der Waals surface area contributed by atoms with Crippen LogP contribution in [0.4, 0.5) is 0 Å². The average Bonchev–Trinajstić information content (AvgIpc) is 2.14. The molecule has 0 aromatic heterocycles. The van der Waals surface area contributed by atoms with Gasteiger partial charge in [0.1, 0.15) is 0 Å². The zero-order valence-corrected chi connectivity index (χ0v) is 10.5. The van der Waals surface area contributed by atoms with Crippen LogP contribution in [0.2, 0.25) is 0 Å². The van der Waals surface area contributed by atoms with Crippen molar-refractivity contribution in [1.82, 2.24) is 5.32 Å². The Bertz CT molecular complexity index is 335. The van der Waals surface area contributed by atoms with Crippen LogP contribution in [0, 0.1) is 5.92 Å². The number of nitrogens with one attached hydrogen (secondary N) is 1. The molecule has 0 heterocycles. The summed E-state index contributed by atoms with van der Waals surface area (Å²) >= 11 is 0. The molecule has 0 aliphatic carbocycles. The van der Waals surface area contributed by atoms with Crippen molar-refractivity contribution in [2.45, 2.75) is 31.9 Å². The predicted octanol–water partition coefficient (Wildman–Crippen LogP) is 0.981. The van der Waals surface area contributed by atoms with E-state index in [9.17, 15) is 13.2 Å². The lowest BCUT2D eigenvalue weighted by molar-refractivity contribution is -0.116. The van der Waals surface area contributed by atoms with Crippen LogP contribution in [0.3, 0.4) is 0 Å². The monoisotopic (exact) mass is 249 g/mol. The second-order valence-electron chi connectivity index (χ2n) is 3.93. The molecule has 1 atom stereocenters. The van der Waals surface area contributed by atoms with Gasteiger partial charge in [0.25, 0.3) is 10.1 Å². The summed E-state index contributed by atoms with van der Waals surface area (Å²) in [7, 11) is -4.00. The molecular weight excluding hydrogens is 230 g/mol. The zero-order valence-electron chi connectivity index (χ0n) is 9.64. The van der Waals surface area contributed by atoms with Crippen LogP contribution >= 0.6 is 0 Å². The summed E-state index contributed by atoms with van der Waals surface area (Å²) in [5, 5.41) is 1.77. The summed E-state index contributed by atoms with van der Waals surface area (Å²) in [6, 6.07) is 0. The summed E-state index contributed by atoms with van der Waals surface area (Å²) in [5.74, 6) is -0.432. The topological polar surface area (TPSA) is 83.5 Å². The summed E-state index contributed by atoms with van der Waals surface area (Å²) in [5.41, 5.74) is 0. The number of carbonyl (C=O) groups is 1. The minimum Gasteiger partial charge on any atom is -0.353 e. The molecule has 2 N–H and O–H groups in total. The Morgan fingerprint density at radius 2 is 2.06 bits per heavy atom. The molecule has 94 valence electrons. The fourth-order valence-electron chi connectivity index (χ4n) is 1.41. The van der Waals surface area contributed by atoms with E-state index in [0.29, 0.717) is 19.4 Å². The maximum absolute atomic E-state index is 11.0. The molecule has 0 spiro atoms. The molecular formula is C10H19NO4S. The molecule has 0 aliphatic rings. The van der Waals surface area contributed by atoms with Crippen molar-refractivity contribution in [3.8, 4) is 0 Å². The quantitative estimate of drug-likeness (QED) is 0.400. The van der Waals surface area contributed by atoms with E-state index in [1.807, 2.05) is 0 Å². The smallest absolute Gasteiger partial charge is 0.268 e. The van der Waals surface area contributed by atoms with Crippen LogP contribution < -0.4 is 5.32 Å². The molecule has 0 radical (unpaired) electrons. The average molecular weight is 249 g/mol. The van der Waals surface area contributed by atoms with Crippen molar-refractivity contribution >= 4 is 16.0 Å². The molecule has 0 aliphatic heterocycles. The first-order chi connectivity index (χ1) is 7.29. The van der Waals surface area contributed by atoms with Gasteiger partial charge in [-0.25, -0.2) is 0 Å². The third-order valence-corrected chi connectivity index (χ3v) is 3.82. The first-order valence-electron chi connectivity index (χ1n) is 5.15. The fraction of sp³-hybridized carbons (Fsp3) is 0.700. The summed E-state index contributed by atoms with van der Waals surface area (Å²) in [6.45, 7) is 7.15. The highest BCUT2D eigenvalue weighted by atomic mass is 32.2. The minimum absolute atomic E-state index is 0.148. The van der Waals surface area contributed by atoms with Gasteiger partial charge in [0.2, 0.25) is 5.91 Å². The molecule has 0 rings (SSSR count). The Balaban J connectivity index is 4.06. The van der Waals surface area contributed by atoms with Gasteiger partial charge in [-0.3, -0.25) is 9.35 Å². The largest absolute Gasteiger partial charge is 0.353 e. The molecule has 1 amide bonds. The molecule has 0 fully saturated rings. The Morgan fingerprint density at radius 1 is 1.50 bits per heavy atom. The zero-order chi connectivity index (χ0) is 12.8. The predicted molar refractivity (Wildman–Crippen MR) is 62.6 cm³/mol. The van der Waals surface area contributed by atoms with Crippen molar-refractivity contribution < 1.29 is 17.8 Å². The van der Waals surface area contributed by atoms with E-state index >= 15 is 0 Å². The lowest BCUT2D eigenvalue weighted by atomic mass is 10.1. The number of amides is 1. The second kappa shape index (κ2) is 6.65. The van der Waals surface area contributed by atoms with Crippen molar-refractivity contribution in [3.05, 3.63) is 12.7 Å². The van der Waals surface area contributed by atoms with Gasteiger partial charge in [-0.05, 0) is 24.8 Å². The third kappa shape index (κ3) is 5.87. The highest BCUT2D eigenvalue weighted by Gasteiger charge is 2.25. The fourth-order valence-corrected chi connectivity index (χ4v) is 2.57. The normalized spacial score (nSPS) is 13.5. The highest BCUT2D eigenvalue weighted by Crippen LogP contribution is 2.16. The molecule has 16 heavy (non-hydrogen) atoms. The van der Waals surface area contributed by atoms with Crippen LogP contribution in [0.25, 0.3) is 0 Å². The maximum atomic E-state index is 11.0. The van der Waals surface area contributed by atoms with Crippen molar-refractivity contribution in [1.29, 1.82) is 0 Å². The lowest BCUT2D eigenvalue weighted by Crippen LogP contribution is -2.28. The van der Waals surface area contributed by atoms with Gasteiger partial charge in [-0.2, -0.15) is 8.42 Å². The number of hydrogen-bond donors (Lipinski definition) is 2. The summed E-state index contributed by atoms with van der Waals surface area (Å²) in [6.07, 6.45) is 1.98. The molecule has 0 saturated carbocycles. The molecule has 0 saturated heterocycles. The molecule has 5 nitrogen and oxygen atoms in total. The SMILES string of the molecule is C=CC(=O)NCCCC(C(C)C)S(=O)(=O)O. The van der Waals surface area contributed by atoms with Crippen molar-refractivity contribution in [2.75, 3.05) is 6.54 Å². The lowest BCUT2D eigenvalue weighted by Gasteiger charge is -2.17. The van der Waals surface area contributed by atoms with Crippen LogP contribution in [0.5, 0.6) is 0 Å². The highest BCUT2D eigenvalue weighted by molar-refractivity contribution is 7.86. The Morgan fingerprint density at radius 3 is 2.44 bits per heavy atom. The molecule has 0 bridgehead atoms. The van der Waals surface area contributed by atoms with E-state index in [0.717, 1.165) is 6.08 Å². The molecule has 0 aromatic rings. The van der Waals surface area contributed by atoms with E-state index in [-0.39, 0.29) is 11.8 Å². The van der Waals surface area contributed by atoms with Gasteiger partial charge in [-0.15, -0.1) is 0 Å². The molecule has 1 unspecified atom stereocenters. The standard InChI is InChI=1S/C10H19NO4S/c1-4-10(12)11-7-5-6-9(8(2)3)16(13,14)15/h4,8-9H,1,5-7H2,2-3H3,(H,11,12)(H,13,14,15). The van der Waals surface area contributed by atoms with Gasteiger partial charge in [0, 0.05) is 6.54 Å². The third-order valence-electron chi connectivity index (χ3n) is 2.28. The van der Waals surface area contributed by atoms with E-state index < -0.39 is 15.4 Å². The van der Waals surface area contributed by atoms with Gasteiger partial charge in [0.05, 0.1) is 5.25 Å². The van der Waals surface area contributed by atoms with Crippen LogP contribution in [-0.4, -0.2) is 30.7 Å². The molecule has 0 aromatic carbocycles. The van der Waals surface area contributed by atoms with E-state index in [2.05, 4.69) is 11.9 Å². The van der Waals surface area contributed by atoms with Gasteiger partial charge >= 0.3 is 0 Å². The van der Waals surface area contributed by atoms with Crippen molar-refractivity contribution in [2.24, 2.45) is 5.92 Å². The first kappa shape index (κ1) is 15.1. The first-order valence-corrected chi connectivity index (χ1v) is 6.66. The van der Waals surface area contributed by atoms with E-state index in [1.165, 1.54) is 0 Å². The number of hydrogen-bond acceptors (Lipinski definition) is 3. The van der Waals surface area contributed by atoms with Gasteiger partial charge in [-0.1, -0.05) is 20.4 Å². The van der Waals surface area contributed by atoms with Gasteiger partial charge in [0.15, 0.2) is 0 Å². The Hall–Kier alpha value is -0.880. The summed E-state index contributed by atoms with van der Waals surface area (Å²) < 4.78 is 31.0. The number of carbonyl (C=O) groups excluding carboxylic acids is 1. The van der Waals surface area contributed by atoms with Crippen molar-refractivity contribution in [3.63, 3.8) is 0 Å². The Kier molecular flexibility index (Phi) is 6.28. The minimum atomic E-state index is -4.00. The number of rotatable bonds is 7. The maximum Gasteiger partial charge on any atom is 0.268 e. The van der Waals surface area contributed by atoms with Crippen LogP contribution in [0.1, 0.15) is 26.7 Å². The van der Waals surface area contributed by atoms with E-state index in [1.54, 1.807) is 13.8 Å². The van der Waals surface area contributed by atoms with Crippen LogP contribution in [-0.2, 0) is 14.9 Å². The van der Waals surface area contributed by atoms with E-state index in [4.69, 9.17) is 4.55 Å². The van der Waals surface area contributed by atoms with Crippen LogP contribution in [0.15, 0.2) is 12.7 Å². The Labute approximate surface area is 96.7 Å². The molecule has 6 heteroatoms. The van der Waals surface area contributed by atoms with Gasteiger partial charge < -0.3 is 5.32 Å².